The first kappa shape index (κ1) is 55.2. The van der Waals surface area contributed by atoms with Gasteiger partial charge in [-0.3, -0.25) is 0 Å². The third kappa shape index (κ3) is 6.98. The Morgan fingerprint density at radius 2 is 0.383 bits per heavy atom. The summed E-state index contributed by atoms with van der Waals surface area (Å²) >= 11 is 0. The highest BCUT2D eigenvalue weighted by atomic mass is 16.5. The second-order valence-electron chi connectivity index (χ2n) is 22.0. The molecule has 0 unspecified atom stereocenters. The van der Waals surface area contributed by atoms with Gasteiger partial charge in [0.1, 0.15) is 0 Å². The summed E-state index contributed by atoms with van der Waals surface area (Å²) in [4.78, 5) is 115. The molecule has 0 aliphatic heterocycles. The lowest BCUT2D eigenvalue weighted by Gasteiger charge is -2.18. The van der Waals surface area contributed by atoms with Gasteiger partial charge in [-0.2, -0.15) is 0 Å². The molecule has 0 atom stereocenters. The number of hydrogen-bond acceptors (Lipinski definition) is 24. The van der Waals surface area contributed by atoms with E-state index in [1.165, 1.54) is 105 Å². The number of para-hydroxylation sites is 2. The summed E-state index contributed by atoms with van der Waals surface area (Å²) in [5, 5.41) is 1.94. The second kappa shape index (κ2) is 19.3. The summed E-state index contributed by atoms with van der Waals surface area (Å²) in [6.45, 7) is 0. The van der Waals surface area contributed by atoms with Gasteiger partial charge < -0.3 is 73.2 Å². The monoisotopic (exact) mass is 1260 g/mol. The molecule has 0 amide bonds. The fourth-order valence-corrected chi connectivity index (χ4v) is 13.8. The molecule has 0 saturated carbocycles. The SMILES string of the molecule is COc1cccc2c1oc(=O)c1cc3c(cc12)c(=O)oc1c(OC)c2c(oc(=O)c4cc5c(cc42)c(=O)oc2c(OC)c4c(oc(=O)c6cc7c(cc64)c(=O)oc4c(OC)c6c(oc(=O)c8cc9c(cc86)c(=O)oc6c(OC)cccc69)c(OC)c47)c(OC)c25)c(OC)c13. The maximum atomic E-state index is 14.8. The van der Waals surface area contributed by atoms with E-state index in [1.54, 1.807) is 36.4 Å². The lowest BCUT2D eigenvalue weighted by atomic mass is 9.95. The van der Waals surface area contributed by atoms with Crippen LogP contribution < -0.4 is 82.9 Å². The normalized spacial score (nSPS) is 12.2. The Balaban J connectivity index is 0.910. The largest absolute Gasteiger partial charge is 0.493 e. The highest BCUT2D eigenvalue weighted by molar-refractivity contribution is 6.30. The van der Waals surface area contributed by atoms with Gasteiger partial charge in [0, 0.05) is 53.9 Å². The van der Waals surface area contributed by atoms with E-state index < -0.39 is 45.0 Å². The predicted molar refractivity (Wildman–Crippen MR) is 347 cm³/mol. The molecule has 0 spiro atoms. The summed E-state index contributed by atoms with van der Waals surface area (Å²) in [6.07, 6.45) is 0. The Kier molecular flexibility index (Phi) is 11.4. The van der Waals surface area contributed by atoms with Crippen LogP contribution in [-0.2, 0) is 0 Å². The molecule has 8 heterocycles. The van der Waals surface area contributed by atoms with E-state index in [9.17, 15) is 38.4 Å². The second-order valence-corrected chi connectivity index (χ2v) is 22.0. The molecule has 462 valence electrons. The third-order valence-corrected chi connectivity index (χ3v) is 17.7. The van der Waals surface area contributed by atoms with Crippen LogP contribution in [0, 0.1) is 0 Å². The van der Waals surface area contributed by atoms with Gasteiger partial charge in [-0.25, -0.2) is 38.4 Å². The van der Waals surface area contributed by atoms with Crippen LogP contribution in [0.15, 0.2) is 159 Å². The van der Waals surface area contributed by atoms with Crippen LogP contribution >= 0.6 is 0 Å². The molecule has 0 aliphatic carbocycles. The molecule has 0 aliphatic rings. The standard InChI is InChI=1S/C70H38O24/c1-79-41-13-9-11-23-25-15-35-27(17-33(25)63(71)87-49(23)41)43-51(81-3)59-45(53(83-5)57(43)89-65(35)73)29-19-39-31(21-37(29)67(75)91-59)47-55(85-7)62-48(56(86-8)61(47)93-69(39)77)32-22-38-30(20-40(32)70(78)94-62)46-54(84-6)58-44(52(82-4)60(46)92-68(38)76)28-18-34-26(16-36(28)66(74)90-58)24-12-10-14-42(80-2)50(24)88-64(34)72/h9-22H,1-8H3. The van der Waals surface area contributed by atoms with E-state index in [1.807, 2.05) is 0 Å². The summed E-state index contributed by atoms with van der Waals surface area (Å²) in [6, 6.07) is 21.4. The van der Waals surface area contributed by atoms with E-state index in [0.29, 0.717) is 33.0 Å². The van der Waals surface area contributed by atoms with Crippen molar-refractivity contribution in [3.8, 4) is 46.0 Å². The first-order valence-electron chi connectivity index (χ1n) is 28.4. The number of rotatable bonds is 8. The van der Waals surface area contributed by atoms with Crippen molar-refractivity contribution in [2.45, 2.75) is 0 Å². The molecule has 24 nitrogen and oxygen atoms in total. The maximum Gasteiger partial charge on any atom is 0.344 e. The van der Waals surface area contributed by atoms with Gasteiger partial charge in [-0.05, 0) is 60.7 Å². The van der Waals surface area contributed by atoms with Crippen molar-refractivity contribution >= 4 is 174 Å². The maximum absolute atomic E-state index is 14.8. The van der Waals surface area contributed by atoms with E-state index in [-0.39, 0.29) is 187 Å². The molecule has 0 bridgehead atoms. The van der Waals surface area contributed by atoms with Crippen LogP contribution in [0.3, 0.4) is 0 Å². The van der Waals surface area contributed by atoms with Crippen LogP contribution in [0.5, 0.6) is 46.0 Å². The van der Waals surface area contributed by atoms with E-state index in [4.69, 9.17) is 73.2 Å². The number of benzene rings is 9. The van der Waals surface area contributed by atoms with Crippen molar-refractivity contribution in [1.29, 1.82) is 0 Å². The van der Waals surface area contributed by atoms with Gasteiger partial charge >= 0.3 is 45.0 Å². The van der Waals surface area contributed by atoms with Crippen LogP contribution in [0.1, 0.15) is 0 Å². The van der Waals surface area contributed by atoms with Gasteiger partial charge in [0.2, 0.25) is 0 Å². The summed E-state index contributed by atoms with van der Waals surface area (Å²) < 4.78 is 95.4. The fourth-order valence-electron chi connectivity index (χ4n) is 13.8. The highest BCUT2D eigenvalue weighted by Crippen LogP contribution is 2.53. The molecule has 0 fully saturated rings. The van der Waals surface area contributed by atoms with E-state index >= 15 is 0 Å². The van der Waals surface area contributed by atoms with Gasteiger partial charge in [0.15, 0.2) is 90.7 Å². The lowest BCUT2D eigenvalue weighted by molar-refractivity contribution is 0.400. The van der Waals surface area contributed by atoms with E-state index in [2.05, 4.69) is 0 Å². The average Bonchev–Trinajstić information content (AvgIpc) is 0.705. The molecular formula is C70H38O24. The number of ether oxygens (including phenoxy) is 8. The molecule has 8 aromatic heterocycles. The molecule has 94 heavy (non-hydrogen) atoms. The number of fused-ring (bicyclic) bond motifs is 24. The zero-order valence-electron chi connectivity index (χ0n) is 49.9. The van der Waals surface area contributed by atoms with Crippen LogP contribution in [-0.4, -0.2) is 56.9 Å². The summed E-state index contributed by atoms with van der Waals surface area (Å²) in [5.41, 5.74) is -7.91. The first-order valence-corrected chi connectivity index (χ1v) is 28.4. The Labute approximate surface area is 516 Å². The Hall–Kier alpha value is -12.9. The molecule has 9 aromatic carbocycles. The molecule has 0 radical (unpaired) electrons. The van der Waals surface area contributed by atoms with Crippen molar-refractivity contribution in [3.63, 3.8) is 0 Å². The summed E-state index contributed by atoms with van der Waals surface area (Å²) in [7, 11) is 10.6. The van der Waals surface area contributed by atoms with Crippen molar-refractivity contribution in [1.82, 2.24) is 0 Å². The van der Waals surface area contributed by atoms with Gasteiger partial charge in [0.25, 0.3) is 0 Å². The smallest absolute Gasteiger partial charge is 0.344 e. The minimum Gasteiger partial charge on any atom is -0.493 e. The summed E-state index contributed by atoms with van der Waals surface area (Å²) in [5.74, 6) is -0.236. The first-order chi connectivity index (χ1) is 45.6. The van der Waals surface area contributed by atoms with Crippen LogP contribution in [0.4, 0.5) is 0 Å². The van der Waals surface area contributed by atoms with Crippen molar-refractivity contribution in [2.75, 3.05) is 56.9 Å². The van der Waals surface area contributed by atoms with Crippen molar-refractivity contribution in [3.05, 3.63) is 168 Å². The van der Waals surface area contributed by atoms with Crippen molar-refractivity contribution in [2.24, 2.45) is 0 Å². The molecule has 0 saturated heterocycles. The van der Waals surface area contributed by atoms with Gasteiger partial charge in [0.05, 0.1) is 132 Å². The Morgan fingerprint density at radius 3 is 0.574 bits per heavy atom. The third-order valence-electron chi connectivity index (χ3n) is 17.7. The molecule has 17 aromatic rings. The molecule has 0 N–H and O–H groups in total. The average molecular weight is 1260 g/mol. The minimum atomic E-state index is -0.969. The molecule has 24 heteroatoms. The van der Waals surface area contributed by atoms with Gasteiger partial charge in [-0.15, -0.1) is 0 Å². The highest BCUT2D eigenvalue weighted by Gasteiger charge is 2.33. The number of hydrogen-bond donors (Lipinski definition) is 0. The topological polar surface area (TPSA) is 316 Å². The number of methoxy groups -OCH3 is 8. The quantitative estimate of drug-likeness (QED) is 0.0775. The predicted octanol–water partition coefficient (Wildman–Crippen LogP) is 11.8. The molecule has 17 rings (SSSR count). The van der Waals surface area contributed by atoms with Crippen LogP contribution in [0.2, 0.25) is 0 Å². The zero-order chi connectivity index (χ0) is 64.9. The Bertz CT molecular complexity index is 6610. The van der Waals surface area contributed by atoms with Crippen LogP contribution in [0.25, 0.3) is 174 Å². The zero-order valence-corrected chi connectivity index (χ0v) is 49.9. The van der Waals surface area contributed by atoms with Gasteiger partial charge in [-0.1, -0.05) is 24.3 Å². The fraction of sp³-hybridized carbons (Fsp3) is 0.114. The van der Waals surface area contributed by atoms with Crippen molar-refractivity contribution < 1.29 is 73.2 Å². The Morgan fingerprint density at radius 1 is 0.202 bits per heavy atom. The molecular weight excluding hydrogens is 1220 g/mol. The lowest BCUT2D eigenvalue weighted by Crippen LogP contribution is -2.09. The minimum absolute atomic E-state index is 0.0136. The van der Waals surface area contributed by atoms with E-state index in [0.717, 1.165) is 0 Å².